The molecule has 0 aromatic heterocycles. The molecular formula is C15H10ClFN2O2. The van der Waals surface area contributed by atoms with Crippen LogP contribution in [0.4, 0.5) is 10.1 Å². The highest BCUT2D eigenvalue weighted by Crippen LogP contribution is 2.24. The Bertz CT molecular complexity index is 741. The second-order valence-corrected chi connectivity index (χ2v) is 4.52. The Kier molecular flexibility index (Phi) is 4.41. The minimum absolute atomic E-state index is 0.0583. The molecule has 1 N–H and O–H groups in total. The quantitative estimate of drug-likeness (QED) is 0.942. The number of ether oxygens (including phenoxy) is 1. The van der Waals surface area contributed by atoms with Crippen molar-refractivity contribution in [3.8, 4) is 11.8 Å². The molecular weight excluding hydrogens is 295 g/mol. The Morgan fingerprint density at radius 1 is 1.33 bits per heavy atom. The first-order valence-electron chi connectivity index (χ1n) is 5.89. The van der Waals surface area contributed by atoms with Gasteiger partial charge in [0.15, 0.2) is 11.6 Å². The highest BCUT2D eigenvalue weighted by Gasteiger charge is 2.12. The standard InChI is InChI=1S/C15H10ClFN2O2/c1-21-14-5-3-10(7-12(14)17)15(20)19-13-4-2-9(8-18)6-11(13)16/h2-7H,1H3,(H,19,20). The monoisotopic (exact) mass is 304 g/mol. The van der Waals surface area contributed by atoms with Crippen molar-refractivity contribution in [2.45, 2.75) is 0 Å². The number of halogens is 2. The molecule has 0 unspecified atom stereocenters. The van der Waals surface area contributed by atoms with Gasteiger partial charge in [0.1, 0.15) is 0 Å². The zero-order valence-electron chi connectivity index (χ0n) is 11.0. The summed E-state index contributed by atoms with van der Waals surface area (Å²) in [7, 11) is 1.34. The maximum absolute atomic E-state index is 13.6. The molecule has 106 valence electrons. The number of nitrogens with zero attached hydrogens (tertiary/aromatic N) is 1. The van der Waals surface area contributed by atoms with Crippen molar-refractivity contribution in [1.29, 1.82) is 5.26 Å². The minimum atomic E-state index is -0.629. The molecule has 2 rings (SSSR count). The lowest BCUT2D eigenvalue weighted by Crippen LogP contribution is -2.12. The van der Waals surface area contributed by atoms with Crippen molar-refractivity contribution in [3.63, 3.8) is 0 Å². The van der Waals surface area contributed by atoms with Gasteiger partial charge in [0.2, 0.25) is 0 Å². The maximum atomic E-state index is 13.6. The van der Waals surface area contributed by atoms with Crippen LogP contribution >= 0.6 is 11.6 Å². The first-order chi connectivity index (χ1) is 10.0. The van der Waals surface area contributed by atoms with Crippen LogP contribution in [0.1, 0.15) is 15.9 Å². The number of benzene rings is 2. The van der Waals surface area contributed by atoms with Gasteiger partial charge in [-0.1, -0.05) is 11.6 Å². The van der Waals surface area contributed by atoms with Gasteiger partial charge in [-0.25, -0.2) is 4.39 Å². The number of carbonyl (C=O) groups is 1. The van der Waals surface area contributed by atoms with Crippen LogP contribution in [0, 0.1) is 17.1 Å². The smallest absolute Gasteiger partial charge is 0.255 e. The Morgan fingerprint density at radius 3 is 2.67 bits per heavy atom. The highest BCUT2D eigenvalue weighted by atomic mass is 35.5. The molecule has 0 spiro atoms. The van der Waals surface area contributed by atoms with Gasteiger partial charge in [0, 0.05) is 5.56 Å². The van der Waals surface area contributed by atoms with Crippen molar-refractivity contribution in [3.05, 3.63) is 58.4 Å². The Balaban J connectivity index is 2.22. The van der Waals surface area contributed by atoms with E-state index in [1.54, 1.807) is 0 Å². The Labute approximate surface area is 125 Å². The van der Waals surface area contributed by atoms with Crippen LogP contribution in [0.15, 0.2) is 36.4 Å². The fraction of sp³-hybridized carbons (Fsp3) is 0.0667. The van der Waals surface area contributed by atoms with Crippen LogP contribution in [-0.2, 0) is 0 Å². The number of hydrogen-bond acceptors (Lipinski definition) is 3. The van der Waals surface area contributed by atoms with Crippen molar-refractivity contribution in [1.82, 2.24) is 0 Å². The highest BCUT2D eigenvalue weighted by molar-refractivity contribution is 6.34. The summed E-state index contributed by atoms with van der Waals surface area (Å²) in [6.07, 6.45) is 0. The third-order valence-corrected chi connectivity index (χ3v) is 3.07. The van der Waals surface area contributed by atoms with E-state index >= 15 is 0 Å². The molecule has 21 heavy (non-hydrogen) atoms. The fourth-order valence-corrected chi connectivity index (χ4v) is 1.92. The molecule has 0 aliphatic heterocycles. The van der Waals surface area contributed by atoms with Crippen LogP contribution in [0.2, 0.25) is 5.02 Å². The zero-order valence-corrected chi connectivity index (χ0v) is 11.7. The van der Waals surface area contributed by atoms with Crippen molar-refractivity contribution in [2.24, 2.45) is 0 Å². The summed E-state index contributed by atoms with van der Waals surface area (Å²) in [5, 5.41) is 11.5. The van der Waals surface area contributed by atoms with Crippen molar-refractivity contribution in [2.75, 3.05) is 12.4 Å². The average molecular weight is 305 g/mol. The number of rotatable bonds is 3. The van der Waals surface area contributed by atoms with Crippen LogP contribution in [0.3, 0.4) is 0 Å². The molecule has 0 fully saturated rings. The summed E-state index contributed by atoms with van der Waals surface area (Å²) in [6, 6.07) is 10.3. The Hall–Kier alpha value is -2.58. The van der Waals surface area contributed by atoms with E-state index in [2.05, 4.69) is 5.32 Å². The molecule has 2 aromatic carbocycles. The summed E-state index contributed by atoms with van der Waals surface area (Å²) >= 11 is 5.96. The van der Waals surface area contributed by atoms with E-state index in [0.717, 1.165) is 6.07 Å². The predicted octanol–water partition coefficient (Wildman–Crippen LogP) is 3.61. The third kappa shape index (κ3) is 3.30. The lowest BCUT2D eigenvalue weighted by molar-refractivity contribution is 0.102. The van der Waals surface area contributed by atoms with E-state index in [0.29, 0.717) is 11.3 Å². The number of anilines is 1. The van der Waals surface area contributed by atoms with Crippen LogP contribution in [0.5, 0.6) is 5.75 Å². The lowest BCUT2D eigenvalue weighted by atomic mass is 10.1. The van der Waals surface area contributed by atoms with E-state index in [1.165, 1.54) is 37.4 Å². The summed E-state index contributed by atoms with van der Waals surface area (Å²) in [6.45, 7) is 0. The van der Waals surface area contributed by atoms with Gasteiger partial charge in [0.25, 0.3) is 5.91 Å². The minimum Gasteiger partial charge on any atom is -0.494 e. The molecule has 6 heteroatoms. The van der Waals surface area contributed by atoms with E-state index < -0.39 is 11.7 Å². The van der Waals surface area contributed by atoms with E-state index in [4.69, 9.17) is 21.6 Å². The van der Waals surface area contributed by atoms with Gasteiger partial charge in [-0.2, -0.15) is 5.26 Å². The molecule has 0 heterocycles. The summed E-state index contributed by atoms with van der Waals surface area (Å²) in [5.41, 5.74) is 0.860. The summed E-state index contributed by atoms with van der Waals surface area (Å²) in [5.74, 6) is -1.08. The van der Waals surface area contributed by atoms with Gasteiger partial charge < -0.3 is 10.1 Å². The number of methoxy groups -OCH3 is 1. The van der Waals surface area contributed by atoms with Gasteiger partial charge in [0.05, 0.1) is 29.5 Å². The molecule has 0 saturated heterocycles. The first kappa shape index (κ1) is 14.8. The molecule has 0 bridgehead atoms. The Morgan fingerprint density at radius 2 is 2.10 bits per heavy atom. The van der Waals surface area contributed by atoms with Crippen molar-refractivity contribution < 1.29 is 13.9 Å². The summed E-state index contributed by atoms with van der Waals surface area (Å²) < 4.78 is 18.3. The maximum Gasteiger partial charge on any atom is 0.255 e. The van der Waals surface area contributed by atoms with Crippen LogP contribution < -0.4 is 10.1 Å². The molecule has 0 aliphatic carbocycles. The molecule has 4 nitrogen and oxygen atoms in total. The summed E-state index contributed by atoms with van der Waals surface area (Å²) in [4.78, 5) is 12.0. The predicted molar refractivity (Wildman–Crippen MR) is 77.1 cm³/mol. The van der Waals surface area contributed by atoms with Gasteiger partial charge in [-0.15, -0.1) is 0 Å². The number of carbonyl (C=O) groups excluding carboxylic acids is 1. The number of hydrogen-bond donors (Lipinski definition) is 1. The third-order valence-electron chi connectivity index (χ3n) is 2.76. The fourth-order valence-electron chi connectivity index (χ4n) is 1.69. The number of amides is 1. The largest absolute Gasteiger partial charge is 0.494 e. The van der Waals surface area contributed by atoms with Gasteiger partial charge in [-0.3, -0.25) is 4.79 Å². The number of nitriles is 1. The van der Waals surface area contributed by atoms with E-state index in [9.17, 15) is 9.18 Å². The molecule has 0 radical (unpaired) electrons. The van der Waals surface area contributed by atoms with Gasteiger partial charge in [-0.05, 0) is 36.4 Å². The second-order valence-electron chi connectivity index (χ2n) is 4.11. The molecule has 0 atom stereocenters. The van der Waals surface area contributed by atoms with Crippen molar-refractivity contribution >= 4 is 23.2 Å². The second kappa shape index (κ2) is 6.25. The first-order valence-corrected chi connectivity index (χ1v) is 6.27. The molecule has 2 aromatic rings. The van der Waals surface area contributed by atoms with Gasteiger partial charge >= 0.3 is 0 Å². The molecule has 1 amide bonds. The topological polar surface area (TPSA) is 62.1 Å². The lowest BCUT2D eigenvalue weighted by Gasteiger charge is -2.08. The SMILES string of the molecule is COc1ccc(C(=O)Nc2ccc(C#N)cc2Cl)cc1F. The molecule has 0 saturated carbocycles. The van der Waals surface area contributed by atoms with E-state index in [1.807, 2.05) is 6.07 Å². The van der Waals surface area contributed by atoms with Crippen LogP contribution in [0.25, 0.3) is 0 Å². The number of nitrogens with one attached hydrogen (secondary N) is 1. The molecule has 0 aliphatic rings. The average Bonchev–Trinajstić information content (AvgIpc) is 2.49. The van der Waals surface area contributed by atoms with Crippen LogP contribution in [-0.4, -0.2) is 13.0 Å². The zero-order chi connectivity index (χ0) is 15.4. The normalized spacial score (nSPS) is 9.81. The van der Waals surface area contributed by atoms with E-state index in [-0.39, 0.29) is 16.3 Å².